The molecule has 1 aromatic heterocycles. The molecule has 3 aromatic rings. The number of rotatable bonds is 9. The van der Waals surface area contributed by atoms with Gasteiger partial charge in [-0.05, 0) is 49.4 Å². The number of anilines is 1. The second-order valence-corrected chi connectivity index (χ2v) is 8.20. The summed E-state index contributed by atoms with van der Waals surface area (Å²) in [4.78, 5) is 17.3. The maximum Gasteiger partial charge on any atom is 0.252 e. The van der Waals surface area contributed by atoms with Gasteiger partial charge in [0.25, 0.3) is 5.91 Å². The number of benzene rings is 2. The molecular weight excluding hydrogens is 396 g/mol. The number of pyridine rings is 1. The molecule has 1 aliphatic rings. The summed E-state index contributed by atoms with van der Waals surface area (Å²) in [5.41, 5.74) is 3.13. The molecule has 1 fully saturated rings. The molecule has 2 heterocycles. The molecule has 0 bridgehead atoms. The van der Waals surface area contributed by atoms with Crippen LogP contribution in [0.4, 0.5) is 5.82 Å². The maximum absolute atomic E-state index is 12.7. The fourth-order valence-corrected chi connectivity index (χ4v) is 4.45. The lowest BCUT2D eigenvalue weighted by Gasteiger charge is -2.31. The lowest BCUT2D eigenvalue weighted by Crippen LogP contribution is -2.41. The molecule has 0 aliphatic carbocycles. The number of nitrogens with zero attached hydrogens (tertiary/aromatic N) is 3. The van der Waals surface area contributed by atoms with Crippen LogP contribution in [-0.4, -0.2) is 42.1 Å². The first-order valence-corrected chi connectivity index (χ1v) is 11.6. The Morgan fingerprint density at radius 2 is 1.59 bits per heavy atom. The molecule has 1 saturated heterocycles. The first-order chi connectivity index (χ1) is 15.8. The number of carbonyl (C=O) groups excluding carboxylic acids is 1. The molecule has 0 atom stereocenters. The van der Waals surface area contributed by atoms with E-state index in [4.69, 9.17) is 0 Å². The molecular formula is C27H32N4O. The van der Waals surface area contributed by atoms with Gasteiger partial charge in [0.05, 0.1) is 5.56 Å². The number of hydrogen-bond acceptors (Lipinski definition) is 4. The van der Waals surface area contributed by atoms with E-state index in [-0.39, 0.29) is 11.8 Å². The second kappa shape index (κ2) is 10.9. The van der Waals surface area contributed by atoms with Crippen molar-refractivity contribution in [2.45, 2.75) is 32.1 Å². The van der Waals surface area contributed by atoms with Crippen LogP contribution in [-0.2, 0) is 0 Å². The number of hydrogen-bond donors (Lipinski definition) is 1. The Morgan fingerprint density at radius 1 is 0.969 bits per heavy atom. The molecule has 2 aromatic carbocycles. The van der Waals surface area contributed by atoms with E-state index in [0.717, 1.165) is 31.9 Å². The highest BCUT2D eigenvalue weighted by molar-refractivity contribution is 5.94. The SMILES string of the molecule is CCN(c1ccc(C(=O)NCCC(c2ccccc2)c2ccccc2)cn1)N1CCCC1. The Balaban J connectivity index is 1.37. The number of amides is 1. The molecule has 166 valence electrons. The van der Waals surface area contributed by atoms with Crippen molar-refractivity contribution in [3.05, 3.63) is 95.7 Å². The van der Waals surface area contributed by atoms with Gasteiger partial charge in [0, 0.05) is 38.3 Å². The van der Waals surface area contributed by atoms with E-state index in [9.17, 15) is 4.79 Å². The van der Waals surface area contributed by atoms with Crippen molar-refractivity contribution in [3.63, 3.8) is 0 Å². The highest BCUT2D eigenvalue weighted by atomic mass is 16.1. The molecule has 5 heteroatoms. The highest BCUT2D eigenvalue weighted by Crippen LogP contribution is 2.27. The Kier molecular flexibility index (Phi) is 7.51. The predicted molar refractivity (Wildman–Crippen MR) is 130 cm³/mol. The molecule has 32 heavy (non-hydrogen) atoms. The zero-order valence-electron chi connectivity index (χ0n) is 18.8. The largest absolute Gasteiger partial charge is 0.352 e. The van der Waals surface area contributed by atoms with Crippen molar-refractivity contribution < 1.29 is 4.79 Å². The summed E-state index contributed by atoms with van der Waals surface area (Å²) >= 11 is 0. The Bertz CT molecular complexity index is 930. The fourth-order valence-electron chi connectivity index (χ4n) is 4.45. The number of carbonyl (C=O) groups is 1. The van der Waals surface area contributed by atoms with Crippen molar-refractivity contribution >= 4 is 11.7 Å². The summed E-state index contributed by atoms with van der Waals surface area (Å²) in [7, 11) is 0. The van der Waals surface area contributed by atoms with Gasteiger partial charge in [-0.15, -0.1) is 0 Å². The van der Waals surface area contributed by atoms with Crippen LogP contribution >= 0.6 is 0 Å². The third-order valence-electron chi connectivity index (χ3n) is 6.12. The van der Waals surface area contributed by atoms with Crippen LogP contribution in [0.1, 0.15) is 53.6 Å². The molecule has 0 spiro atoms. The van der Waals surface area contributed by atoms with E-state index in [1.54, 1.807) is 6.20 Å². The van der Waals surface area contributed by atoms with Gasteiger partial charge in [0.1, 0.15) is 5.82 Å². The molecule has 0 saturated carbocycles. The van der Waals surface area contributed by atoms with Crippen molar-refractivity contribution in [2.24, 2.45) is 0 Å². The zero-order valence-corrected chi connectivity index (χ0v) is 18.8. The average molecular weight is 429 g/mol. The van der Waals surface area contributed by atoms with E-state index in [1.165, 1.54) is 24.0 Å². The van der Waals surface area contributed by atoms with Gasteiger partial charge in [0.15, 0.2) is 0 Å². The summed E-state index contributed by atoms with van der Waals surface area (Å²) in [6.45, 7) is 5.75. The standard InChI is InChI=1S/C27H32N4O/c1-2-31(30-19-9-10-20-30)26-16-15-24(21-29-26)27(32)28-18-17-25(22-11-5-3-6-12-22)23-13-7-4-8-14-23/h3-8,11-16,21,25H,2,9-10,17-20H2,1H3,(H,28,32). The minimum Gasteiger partial charge on any atom is -0.352 e. The molecule has 4 rings (SSSR count). The Hall–Kier alpha value is -3.18. The minimum absolute atomic E-state index is 0.0758. The van der Waals surface area contributed by atoms with Gasteiger partial charge in [0.2, 0.25) is 0 Å². The van der Waals surface area contributed by atoms with Crippen molar-refractivity contribution in [1.29, 1.82) is 0 Å². The van der Waals surface area contributed by atoms with Crippen LogP contribution in [0.15, 0.2) is 79.0 Å². The summed E-state index contributed by atoms with van der Waals surface area (Å²) < 4.78 is 0. The van der Waals surface area contributed by atoms with Gasteiger partial charge in [-0.2, -0.15) is 0 Å². The zero-order chi connectivity index (χ0) is 22.2. The van der Waals surface area contributed by atoms with Gasteiger partial charge in [-0.25, -0.2) is 9.99 Å². The Labute approximate surface area is 191 Å². The third kappa shape index (κ3) is 5.35. The average Bonchev–Trinajstić information content (AvgIpc) is 3.38. The molecule has 0 unspecified atom stereocenters. The van der Waals surface area contributed by atoms with Gasteiger partial charge < -0.3 is 5.32 Å². The maximum atomic E-state index is 12.7. The summed E-state index contributed by atoms with van der Waals surface area (Å²) in [5, 5.41) is 7.63. The van der Waals surface area contributed by atoms with Gasteiger partial charge in [-0.3, -0.25) is 9.80 Å². The van der Waals surface area contributed by atoms with E-state index in [1.807, 2.05) is 24.3 Å². The molecule has 0 radical (unpaired) electrons. The molecule has 1 aliphatic heterocycles. The van der Waals surface area contributed by atoms with Crippen molar-refractivity contribution in [1.82, 2.24) is 15.3 Å². The van der Waals surface area contributed by atoms with Crippen LogP contribution < -0.4 is 10.3 Å². The fraction of sp³-hybridized carbons (Fsp3) is 0.333. The van der Waals surface area contributed by atoms with E-state index < -0.39 is 0 Å². The lowest BCUT2D eigenvalue weighted by molar-refractivity contribution is 0.0952. The lowest BCUT2D eigenvalue weighted by atomic mass is 9.88. The van der Waals surface area contributed by atoms with Crippen molar-refractivity contribution in [3.8, 4) is 0 Å². The monoisotopic (exact) mass is 428 g/mol. The third-order valence-corrected chi connectivity index (χ3v) is 6.12. The Morgan fingerprint density at radius 3 is 2.12 bits per heavy atom. The van der Waals surface area contributed by atoms with Crippen LogP contribution in [0, 0.1) is 0 Å². The first kappa shape index (κ1) is 22.0. The van der Waals surface area contributed by atoms with Crippen molar-refractivity contribution in [2.75, 3.05) is 31.2 Å². The summed E-state index contributed by atoms with van der Waals surface area (Å²) in [6.07, 6.45) is 4.98. The van der Waals surface area contributed by atoms with Crippen LogP contribution in [0.3, 0.4) is 0 Å². The van der Waals surface area contributed by atoms with Crippen LogP contribution in [0.25, 0.3) is 0 Å². The molecule has 1 N–H and O–H groups in total. The van der Waals surface area contributed by atoms with Crippen LogP contribution in [0.2, 0.25) is 0 Å². The topological polar surface area (TPSA) is 48.5 Å². The van der Waals surface area contributed by atoms with E-state index in [0.29, 0.717) is 12.1 Å². The summed E-state index contributed by atoms with van der Waals surface area (Å²) in [5.74, 6) is 1.07. The summed E-state index contributed by atoms with van der Waals surface area (Å²) in [6, 6.07) is 24.8. The van der Waals surface area contributed by atoms with Gasteiger partial charge >= 0.3 is 0 Å². The molecule has 1 amide bonds. The second-order valence-electron chi connectivity index (χ2n) is 8.20. The predicted octanol–water partition coefficient (Wildman–Crippen LogP) is 4.87. The number of hydrazine groups is 1. The molecule has 5 nitrogen and oxygen atoms in total. The van der Waals surface area contributed by atoms with E-state index >= 15 is 0 Å². The van der Waals surface area contributed by atoms with Crippen LogP contribution in [0.5, 0.6) is 0 Å². The van der Waals surface area contributed by atoms with Gasteiger partial charge in [-0.1, -0.05) is 60.7 Å². The first-order valence-electron chi connectivity index (χ1n) is 11.6. The minimum atomic E-state index is -0.0758. The number of aromatic nitrogens is 1. The van der Waals surface area contributed by atoms with E-state index in [2.05, 4.69) is 75.8 Å². The highest BCUT2D eigenvalue weighted by Gasteiger charge is 2.20. The normalized spacial score (nSPS) is 13.9. The smallest absolute Gasteiger partial charge is 0.252 e. The number of nitrogens with one attached hydrogen (secondary N) is 1. The quantitative estimate of drug-likeness (QED) is 0.528.